The molecule has 0 radical (unpaired) electrons. The highest BCUT2D eigenvalue weighted by molar-refractivity contribution is 6.15. The van der Waals surface area contributed by atoms with Gasteiger partial charge < -0.3 is 0 Å². The first-order chi connectivity index (χ1) is 6.91. The Balaban J connectivity index is 0. The molecule has 0 aromatic heterocycles. The van der Waals surface area contributed by atoms with Gasteiger partial charge in [0.15, 0.2) is 0 Å². The minimum Gasteiger partial charge on any atom is -0.130 e. The summed E-state index contributed by atoms with van der Waals surface area (Å²) < 4.78 is 0. The molecular weight excluding hydrogens is 192 g/mol. The Hall–Kier alpha value is -0.750. The molecular formula is C13H21Cl. The van der Waals surface area contributed by atoms with Crippen LogP contribution in [0.4, 0.5) is 0 Å². The van der Waals surface area contributed by atoms with E-state index in [4.69, 9.17) is 0 Å². The zero-order valence-corrected chi connectivity index (χ0v) is 10.0. The van der Waals surface area contributed by atoms with Crippen molar-refractivity contribution in [1.29, 1.82) is 0 Å². The van der Waals surface area contributed by atoms with Crippen LogP contribution in [-0.4, -0.2) is 6.38 Å². The van der Waals surface area contributed by atoms with E-state index >= 15 is 0 Å². The first kappa shape index (κ1) is 15.7. The quantitative estimate of drug-likeness (QED) is 0.380. The van der Waals surface area contributed by atoms with Crippen LogP contribution in [0.3, 0.4) is 0 Å². The highest BCUT2D eigenvalue weighted by Gasteiger charge is 1.71. The monoisotopic (exact) mass is 212 g/mol. The van der Waals surface area contributed by atoms with Gasteiger partial charge in [-0.25, -0.2) is 0 Å². The Labute approximate surface area is 93.6 Å². The fraction of sp³-hybridized carbons (Fsp3) is 0.385. The van der Waals surface area contributed by atoms with Crippen LogP contribution in [0.5, 0.6) is 0 Å². The van der Waals surface area contributed by atoms with Gasteiger partial charge in [0.1, 0.15) is 0 Å². The van der Waals surface area contributed by atoms with Gasteiger partial charge in [-0.2, -0.15) is 0 Å². The first-order valence-electron chi connectivity index (χ1n) is 4.90. The van der Waals surface area contributed by atoms with Gasteiger partial charge in [-0.3, -0.25) is 0 Å². The van der Waals surface area contributed by atoms with Crippen LogP contribution < -0.4 is 0 Å². The minimum absolute atomic E-state index is 1.18. The topological polar surface area (TPSA) is 0 Å². The molecule has 0 fully saturated rings. The molecule has 0 spiro atoms. The maximum absolute atomic E-state index is 4.64. The highest BCUT2D eigenvalue weighted by Crippen LogP contribution is 1.91. The second-order valence-corrected chi connectivity index (χ2v) is 2.59. The number of hydrogen-bond acceptors (Lipinski definition) is 0. The normalized spacial score (nSPS) is 7.36. The number of allylic oxidation sites excluding steroid dienone is 1. The molecule has 0 saturated carbocycles. The van der Waals surface area contributed by atoms with Crippen LogP contribution in [0.1, 0.15) is 26.2 Å². The maximum atomic E-state index is 4.64. The van der Waals surface area contributed by atoms with Gasteiger partial charge in [0.05, 0.1) is 0 Å². The molecule has 80 valence electrons. The molecule has 0 amide bonds. The van der Waals surface area contributed by atoms with Crippen LogP contribution in [0, 0.1) is 0 Å². The van der Waals surface area contributed by atoms with E-state index in [-0.39, 0.29) is 0 Å². The lowest BCUT2D eigenvalue weighted by Crippen LogP contribution is -1.61. The number of halogens is 1. The summed E-state index contributed by atoms with van der Waals surface area (Å²) >= 11 is 4.64. The van der Waals surface area contributed by atoms with Crippen LogP contribution >= 0.6 is 11.6 Å². The maximum Gasteiger partial charge on any atom is 0.0108 e. The molecule has 0 atom stereocenters. The van der Waals surface area contributed by atoms with Crippen molar-refractivity contribution in [2.45, 2.75) is 26.2 Å². The van der Waals surface area contributed by atoms with Gasteiger partial charge in [0.2, 0.25) is 0 Å². The van der Waals surface area contributed by atoms with Gasteiger partial charge in [0.25, 0.3) is 0 Å². The molecule has 0 heterocycles. The molecule has 0 nitrogen and oxygen atoms in total. The van der Waals surface area contributed by atoms with Crippen molar-refractivity contribution in [2.24, 2.45) is 0 Å². The molecule has 0 bridgehead atoms. The summed E-state index contributed by atoms with van der Waals surface area (Å²) in [5, 5.41) is 0. The number of benzene rings is 1. The standard InChI is InChI=1S/C6H6.C6H12.CH3Cl/c1-2-4-6-5-3-1;1-3-5-6-4-2;1-2/h1-6H;3H,1,4-6H2,2H3;1H3. The summed E-state index contributed by atoms with van der Waals surface area (Å²) in [5.74, 6) is 0. The second-order valence-electron chi connectivity index (χ2n) is 2.59. The SMILES string of the molecule is C=CCCCC.CCl.c1ccccc1. The Morgan fingerprint density at radius 2 is 1.36 bits per heavy atom. The third-order valence-electron chi connectivity index (χ3n) is 1.43. The van der Waals surface area contributed by atoms with Gasteiger partial charge in [0, 0.05) is 6.38 Å². The predicted molar refractivity (Wildman–Crippen MR) is 67.9 cm³/mol. The smallest absolute Gasteiger partial charge is 0.0108 e. The molecule has 0 unspecified atom stereocenters. The van der Waals surface area contributed by atoms with Gasteiger partial charge in [-0.1, -0.05) is 62.2 Å². The predicted octanol–water partition coefficient (Wildman–Crippen LogP) is 4.90. The van der Waals surface area contributed by atoms with Gasteiger partial charge >= 0.3 is 0 Å². The van der Waals surface area contributed by atoms with E-state index in [2.05, 4.69) is 25.1 Å². The molecule has 0 saturated heterocycles. The molecule has 0 aliphatic rings. The number of unbranched alkanes of at least 4 members (excludes halogenated alkanes) is 2. The van der Waals surface area contributed by atoms with Crippen molar-refractivity contribution in [1.82, 2.24) is 0 Å². The van der Waals surface area contributed by atoms with E-state index in [1.54, 1.807) is 0 Å². The summed E-state index contributed by atoms with van der Waals surface area (Å²) in [7, 11) is 0. The molecule has 1 aromatic carbocycles. The molecule has 0 aliphatic carbocycles. The summed E-state index contributed by atoms with van der Waals surface area (Å²) in [6.45, 7) is 5.78. The Morgan fingerprint density at radius 3 is 1.50 bits per heavy atom. The van der Waals surface area contributed by atoms with Crippen LogP contribution in [0.25, 0.3) is 0 Å². The first-order valence-corrected chi connectivity index (χ1v) is 5.66. The minimum atomic E-state index is 1.18. The van der Waals surface area contributed by atoms with Crippen molar-refractivity contribution in [3.8, 4) is 0 Å². The third kappa shape index (κ3) is 17.4. The Kier molecular flexibility index (Phi) is 20.3. The highest BCUT2D eigenvalue weighted by atomic mass is 35.5. The van der Waals surface area contributed by atoms with Crippen molar-refractivity contribution in [3.05, 3.63) is 49.1 Å². The average molecular weight is 213 g/mol. The lowest BCUT2D eigenvalue weighted by atomic mass is 10.3. The van der Waals surface area contributed by atoms with Crippen molar-refractivity contribution >= 4 is 11.6 Å². The lowest BCUT2D eigenvalue weighted by molar-refractivity contribution is 0.816. The van der Waals surface area contributed by atoms with Gasteiger partial charge in [-0.05, 0) is 6.42 Å². The summed E-state index contributed by atoms with van der Waals surface area (Å²) in [5.41, 5.74) is 0. The van der Waals surface area contributed by atoms with E-state index in [1.807, 2.05) is 42.5 Å². The van der Waals surface area contributed by atoms with Crippen LogP contribution in [0.2, 0.25) is 0 Å². The Morgan fingerprint density at radius 1 is 1.00 bits per heavy atom. The van der Waals surface area contributed by atoms with Crippen molar-refractivity contribution < 1.29 is 0 Å². The molecule has 14 heavy (non-hydrogen) atoms. The third-order valence-corrected chi connectivity index (χ3v) is 1.43. The van der Waals surface area contributed by atoms with E-state index in [1.165, 1.54) is 25.6 Å². The zero-order valence-electron chi connectivity index (χ0n) is 9.25. The van der Waals surface area contributed by atoms with E-state index in [0.717, 1.165) is 0 Å². The summed E-state index contributed by atoms with van der Waals surface area (Å²) in [6, 6.07) is 12.0. The fourth-order valence-electron chi connectivity index (χ4n) is 0.733. The molecule has 0 aliphatic heterocycles. The average Bonchev–Trinajstić information content (AvgIpc) is 2.32. The molecule has 1 heteroatoms. The molecule has 0 N–H and O–H groups in total. The van der Waals surface area contributed by atoms with E-state index in [0.29, 0.717) is 0 Å². The second kappa shape index (κ2) is 18.1. The summed E-state index contributed by atoms with van der Waals surface area (Å²) in [4.78, 5) is 0. The number of rotatable bonds is 3. The largest absolute Gasteiger partial charge is 0.130 e. The molecule has 1 aromatic rings. The number of hydrogen-bond donors (Lipinski definition) is 0. The zero-order chi connectivity index (χ0) is 11.1. The summed E-state index contributed by atoms with van der Waals surface area (Å²) in [6.07, 6.45) is 7.19. The Bertz CT molecular complexity index is 143. The number of alkyl halides is 1. The fourth-order valence-corrected chi connectivity index (χ4v) is 0.733. The van der Waals surface area contributed by atoms with E-state index < -0.39 is 0 Å². The van der Waals surface area contributed by atoms with Crippen molar-refractivity contribution in [3.63, 3.8) is 0 Å². The van der Waals surface area contributed by atoms with Gasteiger partial charge in [-0.15, -0.1) is 18.2 Å². The molecule has 1 rings (SSSR count). The lowest BCUT2D eigenvalue weighted by Gasteiger charge is -1.81. The van der Waals surface area contributed by atoms with Crippen molar-refractivity contribution in [2.75, 3.05) is 6.38 Å². The van der Waals surface area contributed by atoms with E-state index in [9.17, 15) is 0 Å². The van der Waals surface area contributed by atoms with Crippen LogP contribution in [-0.2, 0) is 0 Å². The van der Waals surface area contributed by atoms with Crippen LogP contribution in [0.15, 0.2) is 49.1 Å².